The molecule has 0 N–H and O–H groups in total. The molecule has 0 amide bonds. The molecule has 1 aromatic heterocycles. The molecule has 1 nitrogen and oxygen atoms in total. The van der Waals surface area contributed by atoms with Crippen molar-refractivity contribution >= 4 is 39.3 Å². The van der Waals surface area contributed by atoms with Crippen molar-refractivity contribution in [2.24, 2.45) is 0 Å². The Morgan fingerprint density at radius 3 is 3.00 bits per heavy atom. The number of rotatable bonds is 2. The summed E-state index contributed by atoms with van der Waals surface area (Å²) in [5.74, 6) is 0.397. The standard InChI is InChI=1S/C11H9ClOS/c1-7-10(5-12)9(6-13)4-8-2-3-14-11(7)8/h2-4,6H,5H2,1H3. The number of fused-ring (bicyclic) bond motifs is 1. The van der Waals surface area contributed by atoms with Crippen molar-refractivity contribution in [3.05, 3.63) is 34.2 Å². The maximum Gasteiger partial charge on any atom is 0.150 e. The summed E-state index contributed by atoms with van der Waals surface area (Å²) < 4.78 is 1.23. The van der Waals surface area contributed by atoms with E-state index in [1.165, 1.54) is 4.70 Å². The van der Waals surface area contributed by atoms with Crippen LogP contribution in [0.5, 0.6) is 0 Å². The molecule has 14 heavy (non-hydrogen) atoms. The summed E-state index contributed by atoms with van der Waals surface area (Å²) in [6.07, 6.45) is 0.877. The van der Waals surface area contributed by atoms with Gasteiger partial charge in [0.05, 0.1) is 0 Å². The van der Waals surface area contributed by atoms with Gasteiger partial charge in [-0.3, -0.25) is 4.79 Å². The summed E-state index contributed by atoms with van der Waals surface area (Å²) in [6, 6.07) is 3.93. The van der Waals surface area contributed by atoms with Crippen LogP contribution in [0.3, 0.4) is 0 Å². The van der Waals surface area contributed by atoms with Gasteiger partial charge in [-0.05, 0) is 40.9 Å². The van der Waals surface area contributed by atoms with E-state index in [2.05, 4.69) is 0 Å². The van der Waals surface area contributed by atoms with E-state index in [4.69, 9.17) is 11.6 Å². The van der Waals surface area contributed by atoms with Crippen LogP contribution in [-0.2, 0) is 5.88 Å². The monoisotopic (exact) mass is 224 g/mol. The topological polar surface area (TPSA) is 17.1 Å². The minimum absolute atomic E-state index is 0.397. The number of carbonyl (C=O) groups excluding carboxylic acids is 1. The lowest BCUT2D eigenvalue weighted by molar-refractivity contribution is 0.112. The molecule has 0 aliphatic heterocycles. The first-order valence-electron chi connectivity index (χ1n) is 4.28. The summed E-state index contributed by atoms with van der Waals surface area (Å²) in [7, 11) is 0. The van der Waals surface area contributed by atoms with Crippen LogP contribution in [0.2, 0.25) is 0 Å². The average Bonchev–Trinajstić information content (AvgIpc) is 2.65. The Labute approximate surface area is 91.3 Å². The highest BCUT2D eigenvalue weighted by Gasteiger charge is 2.09. The molecule has 1 aromatic carbocycles. The van der Waals surface area contributed by atoms with Crippen LogP contribution in [0.25, 0.3) is 10.1 Å². The minimum Gasteiger partial charge on any atom is -0.298 e. The van der Waals surface area contributed by atoms with E-state index in [-0.39, 0.29) is 0 Å². The molecular formula is C11H9ClOS. The normalized spacial score (nSPS) is 10.7. The predicted molar refractivity (Wildman–Crippen MR) is 61.5 cm³/mol. The molecule has 0 aliphatic rings. The van der Waals surface area contributed by atoms with E-state index in [0.29, 0.717) is 11.4 Å². The first-order chi connectivity index (χ1) is 6.77. The summed E-state index contributed by atoms with van der Waals surface area (Å²) in [5.41, 5.74) is 2.80. The first kappa shape index (κ1) is 9.69. The highest BCUT2D eigenvalue weighted by molar-refractivity contribution is 7.17. The zero-order chi connectivity index (χ0) is 10.1. The fraction of sp³-hybridized carbons (Fsp3) is 0.182. The Morgan fingerprint density at radius 1 is 1.57 bits per heavy atom. The van der Waals surface area contributed by atoms with Gasteiger partial charge in [0.1, 0.15) is 6.29 Å². The van der Waals surface area contributed by atoms with Gasteiger partial charge in [-0.15, -0.1) is 22.9 Å². The molecule has 0 radical (unpaired) electrons. The van der Waals surface area contributed by atoms with Crippen molar-refractivity contribution in [2.45, 2.75) is 12.8 Å². The number of aryl methyl sites for hydroxylation is 1. The van der Waals surface area contributed by atoms with E-state index < -0.39 is 0 Å². The quantitative estimate of drug-likeness (QED) is 0.561. The molecule has 0 saturated carbocycles. The molecule has 0 unspecified atom stereocenters. The van der Waals surface area contributed by atoms with Crippen LogP contribution in [0, 0.1) is 6.92 Å². The molecule has 0 saturated heterocycles. The summed E-state index contributed by atoms with van der Waals surface area (Å²) in [4.78, 5) is 10.8. The second-order valence-corrected chi connectivity index (χ2v) is 4.34. The number of thiophene rings is 1. The molecule has 2 rings (SSSR count). The Morgan fingerprint density at radius 2 is 2.36 bits per heavy atom. The van der Waals surface area contributed by atoms with Gasteiger partial charge >= 0.3 is 0 Å². The second kappa shape index (κ2) is 3.71. The first-order valence-corrected chi connectivity index (χ1v) is 5.70. The van der Waals surface area contributed by atoms with Crippen LogP contribution in [0.1, 0.15) is 21.5 Å². The molecule has 0 fully saturated rings. The third-order valence-corrected chi connectivity index (χ3v) is 3.73. The number of alkyl halides is 1. The molecular weight excluding hydrogens is 216 g/mol. The SMILES string of the molecule is Cc1c(CCl)c(C=O)cc2ccsc12. The third-order valence-electron chi connectivity index (χ3n) is 2.41. The molecule has 0 spiro atoms. The highest BCUT2D eigenvalue weighted by Crippen LogP contribution is 2.29. The maximum atomic E-state index is 10.8. The van der Waals surface area contributed by atoms with Gasteiger partial charge in [-0.25, -0.2) is 0 Å². The van der Waals surface area contributed by atoms with Crippen molar-refractivity contribution in [3.63, 3.8) is 0 Å². The van der Waals surface area contributed by atoms with Gasteiger partial charge in [0.25, 0.3) is 0 Å². The van der Waals surface area contributed by atoms with Crippen molar-refractivity contribution in [3.8, 4) is 0 Å². The Hall–Kier alpha value is -0.860. The number of hydrogen-bond acceptors (Lipinski definition) is 2. The Balaban J connectivity index is 2.85. The van der Waals surface area contributed by atoms with E-state index in [9.17, 15) is 4.79 Å². The zero-order valence-electron chi connectivity index (χ0n) is 7.71. The maximum absolute atomic E-state index is 10.8. The lowest BCUT2D eigenvalue weighted by Gasteiger charge is -2.06. The number of halogens is 1. The molecule has 72 valence electrons. The lowest BCUT2D eigenvalue weighted by Crippen LogP contribution is -1.93. The van der Waals surface area contributed by atoms with Gasteiger partial charge in [0.2, 0.25) is 0 Å². The smallest absolute Gasteiger partial charge is 0.150 e. The van der Waals surface area contributed by atoms with Crippen molar-refractivity contribution in [2.75, 3.05) is 0 Å². The van der Waals surface area contributed by atoms with Gasteiger partial charge in [-0.1, -0.05) is 0 Å². The fourth-order valence-electron chi connectivity index (χ4n) is 1.63. The van der Waals surface area contributed by atoms with E-state index >= 15 is 0 Å². The lowest BCUT2D eigenvalue weighted by atomic mass is 10.0. The summed E-state index contributed by atoms with van der Waals surface area (Å²) in [5, 5.41) is 3.16. The van der Waals surface area contributed by atoms with Crippen molar-refractivity contribution in [1.29, 1.82) is 0 Å². The number of benzene rings is 1. The van der Waals surface area contributed by atoms with Crippen LogP contribution < -0.4 is 0 Å². The molecule has 0 aliphatic carbocycles. The Kier molecular flexibility index (Phi) is 2.57. The number of hydrogen-bond donors (Lipinski definition) is 0. The second-order valence-electron chi connectivity index (χ2n) is 3.16. The highest BCUT2D eigenvalue weighted by atomic mass is 35.5. The summed E-state index contributed by atoms with van der Waals surface area (Å²) in [6.45, 7) is 2.02. The third kappa shape index (κ3) is 1.35. The van der Waals surface area contributed by atoms with E-state index in [0.717, 1.165) is 22.8 Å². The van der Waals surface area contributed by atoms with Gasteiger partial charge in [-0.2, -0.15) is 0 Å². The van der Waals surface area contributed by atoms with Crippen LogP contribution >= 0.6 is 22.9 Å². The fourth-order valence-corrected chi connectivity index (χ4v) is 2.90. The average molecular weight is 225 g/mol. The van der Waals surface area contributed by atoms with Gasteiger partial charge < -0.3 is 0 Å². The predicted octanol–water partition coefficient (Wildman–Crippen LogP) is 3.76. The van der Waals surface area contributed by atoms with Crippen LogP contribution in [0.4, 0.5) is 0 Å². The molecule has 0 atom stereocenters. The van der Waals surface area contributed by atoms with Crippen LogP contribution in [-0.4, -0.2) is 6.29 Å². The Bertz CT molecular complexity index is 487. The largest absolute Gasteiger partial charge is 0.298 e. The molecule has 1 heterocycles. The number of carbonyl (C=O) groups is 1. The van der Waals surface area contributed by atoms with Crippen LogP contribution in [0.15, 0.2) is 17.5 Å². The molecule has 0 bridgehead atoms. The molecule has 2 aromatic rings. The summed E-state index contributed by atoms with van der Waals surface area (Å²) >= 11 is 7.52. The van der Waals surface area contributed by atoms with E-state index in [1.807, 2.05) is 24.4 Å². The molecule has 3 heteroatoms. The van der Waals surface area contributed by atoms with Crippen molar-refractivity contribution < 1.29 is 4.79 Å². The van der Waals surface area contributed by atoms with Crippen molar-refractivity contribution in [1.82, 2.24) is 0 Å². The number of aldehydes is 1. The van der Waals surface area contributed by atoms with Gasteiger partial charge in [0.15, 0.2) is 0 Å². The van der Waals surface area contributed by atoms with Gasteiger partial charge in [0, 0.05) is 16.1 Å². The van der Waals surface area contributed by atoms with E-state index in [1.54, 1.807) is 11.3 Å². The zero-order valence-corrected chi connectivity index (χ0v) is 9.28. The minimum atomic E-state index is 0.397.